The predicted octanol–water partition coefficient (Wildman–Crippen LogP) is 4.74. The van der Waals surface area contributed by atoms with Gasteiger partial charge in [-0.25, -0.2) is 19.6 Å². The molecule has 0 radical (unpaired) electrons. The number of hydrazine groups is 1. The summed E-state index contributed by atoms with van der Waals surface area (Å²) < 4.78 is 5.25. The molecule has 2 aliphatic rings. The van der Waals surface area contributed by atoms with E-state index < -0.39 is 5.97 Å². The summed E-state index contributed by atoms with van der Waals surface area (Å²) in [5.41, 5.74) is 11.2. The molecule has 1 aromatic heterocycles. The molecule has 1 saturated carbocycles. The zero-order chi connectivity index (χ0) is 26.3. The van der Waals surface area contributed by atoms with E-state index in [4.69, 9.17) is 11.6 Å². The van der Waals surface area contributed by atoms with Gasteiger partial charge in [0.25, 0.3) is 0 Å². The minimum absolute atomic E-state index is 0.0228. The summed E-state index contributed by atoms with van der Waals surface area (Å²) in [6, 6.07) is 14.7. The normalized spacial score (nSPS) is 21.8. The molecule has 5 N–H and O–H groups in total. The zero-order valence-corrected chi connectivity index (χ0v) is 23.2. The minimum Gasteiger partial charge on any atom is -0.478 e. The van der Waals surface area contributed by atoms with Gasteiger partial charge in [0.1, 0.15) is 5.56 Å². The molecular weight excluding hydrogens is 552 g/mol. The van der Waals surface area contributed by atoms with E-state index in [1.54, 1.807) is 29.9 Å². The number of allylic oxidation sites excluding steroid dienone is 1. The van der Waals surface area contributed by atoms with Crippen molar-refractivity contribution in [3.8, 4) is 5.69 Å². The molecule has 0 saturated heterocycles. The van der Waals surface area contributed by atoms with Crippen molar-refractivity contribution in [3.05, 3.63) is 87.4 Å². The Labute approximate surface area is 229 Å². The number of carbonyl (C=O) groups is 1. The number of carboxylic acid groups (broad SMARTS) is 1. The number of aromatic nitrogens is 2. The lowest BCUT2D eigenvalue weighted by Gasteiger charge is -2.22. The summed E-state index contributed by atoms with van der Waals surface area (Å²) in [5.74, 6) is 5.29. The fourth-order valence-corrected chi connectivity index (χ4v) is 6.90. The summed E-state index contributed by atoms with van der Waals surface area (Å²) in [7, 11) is 1.71. The van der Waals surface area contributed by atoms with Crippen molar-refractivity contribution in [2.75, 3.05) is 13.6 Å². The Kier molecular flexibility index (Phi) is 7.35. The van der Waals surface area contributed by atoms with Crippen LogP contribution in [-0.4, -0.2) is 43.8 Å². The van der Waals surface area contributed by atoms with E-state index in [1.165, 1.54) is 21.7 Å². The van der Waals surface area contributed by atoms with E-state index >= 15 is 0 Å². The second-order valence-corrected chi connectivity index (χ2v) is 12.1. The number of fused-ring (bicyclic) bond motifs is 1. The van der Waals surface area contributed by atoms with E-state index in [-0.39, 0.29) is 17.4 Å². The van der Waals surface area contributed by atoms with Crippen LogP contribution in [0.5, 0.6) is 0 Å². The van der Waals surface area contributed by atoms with Crippen molar-refractivity contribution < 1.29 is 9.90 Å². The van der Waals surface area contributed by atoms with Crippen LogP contribution in [0.1, 0.15) is 46.4 Å². The van der Waals surface area contributed by atoms with Crippen molar-refractivity contribution in [3.63, 3.8) is 0 Å². The number of hydrogen-bond acceptors (Lipinski definition) is 7. The first-order valence-electron chi connectivity index (χ1n) is 12.3. The molecule has 1 fully saturated rings. The largest absolute Gasteiger partial charge is 0.478 e. The fourth-order valence-electron chi connectivity index (χ4n) is 5.11. The predicted molar refractivity (Wildman–Crippen MR) is 149 cm³/mol. The highest BCUT2D eigenvalue weighted by atomic mass is 79.9. The lowest BCUT2D eigenvalue weighted by atomic mass is 10.0. The Bertz CT molecular complexity index is 1360. The third-order valence-electron chi connectivity index (χ3n) is 6.81. The van der Waals surface area contributed by atoms with Gasteiger partial charge in [0, 0.05) is 53.2 Å². The number of aromatic carboxylic acids is 1. The van der Waals surface area contributed by atoms with Gasteiger partial charge in [-0.15, -0.1) is 0 Å². The number of nitrogens with zero attached hydrogens (tertiary/aromatic N) is 4. The first kappa shape index (κ1) is 25.8. The van der Waals surface area contributed by atoms with Crippen LogP contribution < -0.4 is 11.6 Å². The molecule has 0 spiro atoms. The van der Waals surface area contributed by atoms with Gasteiger partial charge in [-0.3, -0.25) is 0 Å². The molecule has 3 aromatic rings. The molecule has 0 bridgehead atoms. The van der Waals surface area contributed by atoms with Crippen molar-refractivity contribution >= 4 is 33.8 Å². The van der Waals surface area contributed by atoms with E-state index in [1.807, 2.05) is 12.1 Å². The first-order chi connectivity index (χ1) is 17.7. The van der Waals surface area contributed by atoms with E-state index in [9.17, 15) is 9.90 Å². The standard InChI is InChI=1S/C27H31BrN6O2S/c1-16-8-18-6-7-19(28)10-25(18)37-33(13-16)14-17-4-3-5-20(9-17)34-26(23(12-31-34)27(35)36)22-11-21(22)24(29)15-32(2)30/h3-7,9-10,12,15-16,21-22H,8,11,13-14,29-30H2,1-2H3,(H,35,36)/b24-15-/t16-,21?,22+/m0/s1. The van der Waals surface area contributed by atoms with Crippen LogP contribution >= 0.6 is 27.9 Å². The number of hydrogen-bond donors (Lipinski definition) is 3. The van der Waals surface area contributed by atoms with Crippen LogP contribution in [0, 0.1) is 11.8 Å². The molecule has 1 aliphatic carbocycles. The highest BCUT2D eigenvalue weighted by Gasteiger charge is 2.45. The van der Waals surface area contributed by atoms with Crippen molar-refractivity contribution in [2.24, 2.45) is 23.4 Å². The van der Waals surface area contributed by atoms with Gasteiger partial charge in [-0.05, 0) is 66.1 Å². The molecule has 2 aromatic carbocycles. The maximum Gasteiger partial charge on any atom is 0.339 e. The number of benzene rings is 2. The summed E-state index contributed by atoms with van der Waals surface area (Å²) in [6.45, 7) is 4.03. The second-order valence-electron chi connectivity index (χ2n) is 10.0. The quantitative estimate of drug-likeness (QED) is 0.208. The lowest BCUT2D eigenvalue weighted by molar-refractivity contribution is 0.0695. The topological polar surface area (TPSA) is 114 Å². The second kappa shape index (κ2) is 10.5. The van der Waals surface area contributed by atoms with Gasteiger partial charge in [0.2, 0.25) is 0 Å². The summed E-state index contributed by atoms with van der Waals surface area (Å²) in [5, 5.41) is 15.8. The minimum atomic E-state index is -0.985. The molecule has 0 amide bonds. The highest BCUT2D eigenvalue weighted by molar-refractivity contribution is 9.10. The number of carboxylic acids is 1. The summed E-state index contributed by atoms with van der Waals surface area (Å²) >= 11 is 5.41. The van der Waals surface area contributed by atoms with Gasteiger partial charge in [-0.2, -0.15) is 5.10 Å². The van der Waals surface area contributed by atoms with Crippen LogP contribution in [0.3, 0.4) is 0 Å². The SMILES string of the molecule is C[C@H]1Cc2ccc(Br)cc2SN(Cc2cccc(-n3ncc(C(=O)O)c3[C@@H]3CC3/C(N)=C/N(C)N)c2)C1. The van der Waals surface area contributed by atoms with Gasteiger partial charge in [0.05, 0.1) is 17.6 Å². The summed E-state index contributed by atoms with van der Waals surface area (Å²) in [6.07, 6.45) is 4.94. The Morgan fingerprint density at radius 2 is 2.14 bits per heavy atom. The maximum atomic E-state index is 12.0. The molecule has 1 aliphatic heterocycles. The average molecular weight is 584 g/mol. The number of nitrogens with two attached hydrogens (primary N) is 2. The molecule has 10 heteroatoms. The van der Waals surface area contributed by atoms with E-state index in [0.29, 0.717) is 17.3 Å². The van der Waals surface area contributed by atoms with Gasteiger partial charge >= 0.3 is 5.97 Å². The zero-order valence-electron chi connectivity index (χ0n) is 20.8. The molecule has 3 atom stereocenters. The van der Waals surface area contributed by atoms with Crippen LogP contribution in [-0.2, 0) is 13.0 Å². The average Bonchev–Trinajstić information content (AvgIpc) is 3.53. The Hall–Kier alpha value is -2.79. The van der Waals surface area contributed by atoms with E-state index in [0.717, 1.165) is 41.7 Å². The van der Waals surface area contributed by atoms with Crippen LogP contribution in [0.25, 0.3) is 5.69 Å². The van der Waals surface area contributed by atoms with Gasteiger partial charge in [0.15, 0.2) is 0 Å². The van der Waals surface area contributed by atoms with Gasteiger partial charge in [-0.1, -0.05) is 41.1 Å². The molecule has 37 heavy (non-hydrogen) atoms. The molecule has 8 nitrogen and oxygen atoms in total. The van der Waals surface area contributed by atoms with Crippen LogP contribution in [0.2, 0.25) is 0 Å². The third kappa shape index (κ3) is 5.72. The maximum absolute atomic E-state index is 12.0. The third-order valence-corrected chi connectivity index (χ3v) is 8.42. The molecule has 1 unspecified atom stereocenters. The Morgan fingerprint density at radius 1 is 1.32 bits per heavy atom. The number of halogens is 1. The van der Waals surface area contributed by atoms with Crippen molar-refractivity contribution in [2.45, 2.75) is 37.1 Å². The molecule has 2 heterocycles. The monoisotopic (exact) mass is 582 g/mol. The molecular formula is C27H31BrN6O2S. The van der Waals surface area contributed by atoms with Crippen LogP contribution in [0.4, 0.5) is 0 Å². The van der Waals surface area contributed by atoms with Crippen molar-refractivity contribution in [1.82, 2.24) is 19.1 Å². The first-order valence-corrected chi connectivity index (χ1v) is 13.8. The summed E-state index contributed by atoms with van der Waals surface area (Å²) in [4.78, 5) is 13.3. The van der Waals surface area contributed by atoms with Crippen LogP contribution in [0.15, 0.2) is 69.9 Å². The molecule has 5 rings (SSSR count). The smallest absolute Gasteiger partial charge is 0.339 e. The van der Waals surface area contributed by atoms with Gasteiger partial charge < -0.3 is 15.8 Å². The van der Waals surface area contributed by atoms with Crippen molar-refractivity contribution in [1.29, 1.82) is 0 Å². The fraction of sp³-hybridized carbons (Fsp3) is 0.333. The Balaban J connectivity index is 1.42. The molecule has 194 valence electrons. The van der Waals surface area contributed by atoms with E-state index in [2.05, 4.69) is 62.6 Å². The lowest BCUT2D eigenvalue weighted by Crippen LogP contribution is -2.21. The Morgan fingerprint density at radius 3 is 2.89 bits per heavy atom. The number of rotatable bonds is 7. The highest BCUT2D eigenvalue weighted by Crippen LogP contribution is 2.51.